The van der Waals surface area contributed by atoms with E-state index in [1.54, 1.807) is 0 Å². The summed E-state index contributed by atoms with van der Waals surface area (Å²) >= 11 is 13.7. The summed E-state index contributed by atoms with van der Waals surface area (Å²) in [6.45, 7) is 2.14. The largest absolute Gasteiger partial charge is 0.306 e. The third-order valence-electron chi connectivity index (χ3n) is 2.95. The predicted octanol–water partition coefficient (Wildman–Crippen LogP) is 4.29. The lowest BCUT2D eigenvalue weighted by Crippen LogP contribution is -2.39. The number of thioether (sulfide) groups is 1. The van der Waals surface area contributed by atoms with Crippen molar-refractivity contribution < 1.29 is 4.39 Å². The number of hydrogen-bond acceptors (Lipinski definition) is 2. The second kappa shape index (κ2) is 5.79. The van der Waals surface area contributed by atoms with Crippen LogP contribution in [0, 0.1) is 5.82 Å². The molecule has 0 saturated carbocycles. The topological polar surface area (TPSA) is 12.0 Å². The van der Waals surface area contributed by atoms with E-state index in [2.05, 4.69) is 12.2 Å². The summed E-state index contributed by atoms with van der Waals surface area (Å²) in [5.74, 6) is 1.61. The highest BCUT2D eigenvalue weighted by Gasteiger charge is 2.24. The van der Waals surface area contributed by atoms with Gasteiger partial charge in [-0.1, -0.05) is 30.1 Å². The molecule has 1 fully saturated rings. The summed E-state index contributed by atoms with van der Waals surface area (Å²) in [5, 5.41) is 4.10. The maximum absolute atomic E-state index is 13.5. The number of rotatable bonds is 2. The first-order valence-electron chi connectivity index (χ1n) is 5.60. The van der Waals surface area contributed by atoms with Crippen LogP contribution in [0.3, 0.4) is 0 Å². The van der Waals surface area contributed by atoms with Crippen LogP contribution in [0.2, 0.25) is 10.0 Å². The number of halogens is 3. The van der Waals surface area contributed by atoms with Gasteiger partial charge in [0, 0.05) is 28.6 Å². The van der Waals surface area contributed by atoms with Gasteiger partial charge in [-0.3, -0.25) is 0 Å². The molecule has 2 unspecified atom stereocenters. The van der Waals surface area contributed by atoms with Crippen molar-refractivity contribution in [2.24, 2.45) is 0 Å². The lowest BCUT2D eigenvalue weighted by molar-refractivity contribution is 0.464. The van der Waals surface area contributed by atoms with E-state index in [9.17, 15) is 4.39 Å². The lowest BCUT2D eigenvalue weighted by atomic mass is 10.1. The Kier molecular flexibility index (Phi) is 4.59. The molecule has 1 aliphatic heterocycles. The van der Waals surface area contributed by atoms with Crippen molar-refractivity contribution >= 4 is 35.0 Å². The van der Waals surface area contributed by atoms with Crippen LogP contribution in [0.5, 0.6) is 0 Å². The molecule has 1 aromatic carbocycles. The van der Waals surface area contributed by atoms with E-state index in [1.807, 2.05) is 11.8 Å². The fourth-order valence-electron chi connectivity index (χ4n) is 1.93. The molecule has 0 radical (unpaired) electrons. The Balaban J connectivity index is 2.24. The number of benzene rings is 1. The zero-order valence-corrected chi connectivity index (χ0v) is 11.8. The van der Waals surface area contributed by atoms with Crippen LogP contribution < -0.4 is 5.32 Å². The van der Waals surface area contributed by atoms with Gasteiger partial charge in [0.05, 0.1) is 5.02 Å². The van der Waals surface area contributed by atoms with Crippen molar-refractivity contribution in [3.05, 3.63) is 33.6 Å². The van der Waals surface area contributed by atoms with Gasteiger partial charge in [0.15, 0.2) is 0 Å². The maximum atomic E-state index is 13.5. The zero-order valence-electron chi connectivity index (χ0n) is 9.47. The minimum atomic E-state index is -0.406. The Labute approximate surface area is 115 Å². The standard InChI is InChI=1S/C12H14Cl2FNS/c1-2-7-5-17-6-12(16-7)8-3-11(15)10(14)4-9(8)13/h3-4,7,12,16H,2,5-6H2,1H3. The molecule has 5 heteroatoms. The van der Waals surface area contributed by atoms with Gasteiger partial charge in [-0.2, -0.15) is 11.8 Å². The smallest absolute Gasteiger partial charge is 0.142 e. The average molecular weight is 294 g/mol. The molecule has 1 aromatic rings. The summed E-state index contributed by atoms with van der Waals surface area (Å²) < 4.78 is 13.5. The lowest BCUT2D eigenvalue weighted by Gasteiger charge is -2.31. The van der Waals surface area contributed by atoms with Gasteiger partial charge in [0.2, 0.25) is 0 Å². The van der Waals surface area contributed by atoms with E-state index >= 15 is 0 Å². The average Bonchev–Trinajstić information content (AvgIpc) is 2.34. The molecule has 0 aromatic heterocycles. The molecule has 0 spiro atoms. The SMILES string of the molecule is CCC1CSCC(c2cc(F)c(Cl)cc2Cl)N1. The predicted molar refractivity (Wildman–Crippen MR) is 73.7 cm³/mol. The number of nitrogens with one attached hydrogen (secondary N) is 1. The van der Waals surface area contributed by atoms with Crippen molar-refractivity contribution in [1.82, 2.24) is 5.32 Å². The highest BCUT2D eigenvalue weighted by molar-refractivity contribution is 7.99. The maximum Gasteiger partial charge on any atom is 0.142 e. The number of hydrogen-bond donors (Lipinski definition) is 1. The molecule has 1 N–H and O–H groups in total. The minimum Gasteiger partial charge on any atom is -0.306 e. The molecule has 0 bridgehead atoms. The molecular weight excluding hydrogens is 280 g/mol. The first-order valence-corrected chi connectivity index (χ1v) is 7.51. The van der Waals surface area contributed by atoms with Crippen LogP contribution in [-0.2, 0) is 0 Å². The third-order valence-corrected chi connectivity index (χ3v) is 4.77. The van der Waals surface area contributed by atoms with Gasteiger partial charge in [0.25, 0.3) is 0 Å². The molecule has 1 nitrogen and oxygen atoms in total. The van der Waals surface area contributed by atoms with Crippen molar-refractivity contribution in [2.45, 2.75) is 25.4 Å². The molecule has 2 rings (SSSR count). The van der Waals surface area contributed by atoms with E-state index in [-0.39, 0.29) is 11.1 Å². The molecule has 1 saturated heterocycles. The fourth-order valence-corrected chi connectivity index (χ4v) is 3.71. The Morgan fingerprint density at radius 2 is 2.12 bits per heavy atom. The molecule has 1 heterocycles. The van der Waals surface area contributed by atoms with Crippen LogP contribution in [0.4, 0.5) is 4.39 Å². The van der Waals surface area contributed by atoms with Crippen LogP contribution in [0.15, 0.2) is 12.1 Å². The Morgan fingerprint density at radius 1 is 1.35 bits per heavy atom. The fraction of sp³-hybridized carbons (Fsp3) is 0.500. The molecule has 1 aliphatic rings. The molecule has 0 amide bonds. The Morgan fingerprint density at radius 3 is 2.82 bits per heavy atom. The van der Waals surface area contributed by atoms with E-state index in [4.69, 9.17) is 23.2 Å². The van der Waals surface area contributed by atoms with Crippen molar-refractivity contribution in [3.63, 3.8) is 0 Å². The van der Waals surface area contributed by atoms with Gasteiger partial charge in [-0.25, -0.2) is 4.39 Å². The summed E-state index contributed by atoms with van der Waals surface area (Å²) in [6, 6.07) is 3.50. The van der Waals surface area contributed by atoms with Crippen LogP contribution >= 0.6 is 35.0 Å². The highest BCUT2D eigenvalue weighted by atomic mass is 35.5. The van der Waals surface area contributed by atoms with E-state index in [1.165, 1.54) is 12.1 Å². The highest BCUT2D eigenvalue weighted by Crippen LogP contribution is 2.33. The Hall–Kier alpha value is 0.0400. The second-order valence-electron chi connectivity index (χ2n) is 4.15. The Bertz CT molecular complexity index is 414. The van der Waals surface area contributed by atoms with Crippen LogP contribution in [0.25, 0.3) is 0 Å². The first-order chi connectivity index (χ1) is 8.11. The van der Waals surface area contributed by atoms with E-state index in [0.717, 1.165) is 23.5 Å². The van der Waals surface area contributed by atoms with E-state index in [0.29, 0.717) is 11.1 Å². The summed E-state index contributed by atoms with van der Waals surface area (Å²) in [5.41, 5.74) is 0.805. The van der Waals surface area contributed by atoms with Gasteiger partial charge in [0.1, 0.15) is 5.82 Å². The van der Waals surface area contributed by atoms with Gasteiger partial charge < -0.3 is 5.32 Å². The third kappa shape index (κ3) is 3.08. The molecule has 2 atom stereocenters. The molecule has 17 heavy (non-hydrogen) atoms. The van der Waals surface area contributed by atoms with Crippen molar-refractivity contribution in [3.8, 4) is 0 Å². The van der Waals surface area contributed by atoms with Crippen LogP contribution in [-0.4, -0.2) is 17.5 Å². The van der Waals surface area contributed by atoms with Gasteiger partial charge in [-0.05, 0) is 24.1 Å². The monoisotopic (exact) mass is 293 g/mol. The zero-order chi connectivity index (χ0) is 12.4. The molecule has 0 aliphatic carbocycles. The quantitative estimate of drug-likeness (QED) is 0.817. The van der Waals surface area contributed by atoms with Crippen LogP contribution in [0.1, 0.15) is 24.9 Å². The van der Waals surface area contributed by atoms with Crippen molar-refractivity contribution in [1.29, 1.82) is 0 Å². The first kappa shape index (κ1) is 13.5. The minimum absolute atomic E-state index is 0.0780. The summed E-state index contributed by atoms with van der Waals surface area (Å²) in [7, 11) is 0. The van der Waals surface area contributed by atoms with Crippen molar-refractivity contribution in [2.75, 3.05) is 11.5 Å². The van der Waals surface area contributed by atoms with E-state index < -0.39 is 5.82 Å². The summed E-state index contributed by atoms with van der Waals surface area (Å²) in [4.78, 5) is 0. The second-order valence-corrected chi connectivity index (χ2v) is 6.04. The van der Waals surface area contributed by atoms with Gasteiger partial charge in [-0.15, -0.1) is 0 Å². The molecule has 94 valence electrons. The molecular formula is C12H14Cl2FNS. The summed E-state index contributed by atoms with van der Waals surface area (Å²) in [6.07, 6.45) is 1.07. The normalized spacial score (nSPS) is 24.9. The van der Waals surface area contributed by atoms with Gasteiger partial charge >= 0.3 is 0 Å².